The van der Waals surface area contributed by atoms with Crippen LogP contribution in [-0.2, 0) is 10.3 Å². The van der Waals surface area contributed by atoms with Crippen LogP contribution in [0.3, 0.4) is 0 Å². The highest BCUT2D eigenvalue weighted by Gasteiger charge is 2.69. The summed E-state index contributed by atoms with van der Waals surface area (Å²) in [5.74, 6) is 0.00490. The molecule has 34 heavy (non-hydrogen) atoms. The first kappa shape index (κ1) is 28.8. The van der Waals surface area contributed by atoms with Crippen LogP contribution in [0.5, 0.6) is 0 Å². The molecule has 1 saturated heterocycles. The van der Waals surface area contributed by atoms with Gasteiger partial charge in [0.2, 0.25) is 0 Å². The molecule has 1 atom stereocenters. The van der Waals surface area contributed by atoms with Gasteiger partial charge in [0.1, 0.15) is 5.54 Å². The van der Waals surface area contributed by atoms with E-state index in [2.05, 4.69) is 87.7 Å². The Bertz CT molecular complexity index is 836. The van der Waals surface area contributed by atoms with Gasteiger partial charge in [0.25, 0.3) is 5.91 Å². The van der Waals surface area contributed by atoms with Gasteiger partial charge in [-0.3, -0.25) is 9.36 Å². The molecule has 4 nitrogen and oxygen atoms in total. The Morgan fingerprint density at radius 1 is 0.618 bits per heavy atom. The van der Waals surface area contributed by atoms with Crippen LogP contribution in [0.25, 0.3) is 0 Å². The molecule has 0 aromatic heterocycles. The highest BCUT2D eigenvalue weighted by atomic mass is 28.3. The standard InChI is InChI=1S/C28H50N2O2Si2/c1-19(2)33(20(3)4,21(5)6)29-26(31)28(13,25-17-15-14-16-18-25)30(27(29)32)34(22(7)8,23(9)10)24(11)12/h14-24H,1-13H3. The van der Waals surface area contributed by atoms with E-state index in [-0.39, 0.29) is 28.6 Å². The lowest BCUT2D eigenvalue weighted by Gasteiger charge is -2.54. The molecule has 0 N–H and O–H groups in total. The van der Waals surface area contributed by atoms with Crippen molar-refractivity contribution in [1.29, 1.82) is 0 Å². The number of rotatable bonds is 9. The fraction of sp³-hybridized carbons (Fsp3) is 0.714. The molecule has 2 rings (SSSR count). The summed E-state index contributed by atoms with van der Waals surface area (Å²) in [5.41, 5.74) is 1.73. The maximum Gasteiger partial charge on any atom is 0.311 e. The zero-order chi connectivity index (χ0) is 26.4. The van der Waals surface area contributed by atoms with E-state index in [1.54, 1.807) is 0 Å². The van der Waals surface area contributed by atoms with Crippen molar-refractivity contribution in [2.24, 2.45) is 0 Å². The van der Waals surface area contributed by atoms with Crippen LogP contribution in [0, 0.1) is 0 Å². The summed E-state index contributed by atoms with van der Waals surface area (Å²) < 4.78 is 4.06. The van der Waals surface area contributed by atoms with Gasteiger partial charge < -0.3 is 4.57 Å². The van der Waals surface area contributed by atoms with E-state index in [9.17, 15) is 9.59 Å². The van der Waals surface area contributed by atoms with Gasteiger partial charge in [0.05, 0.1) is 0 Å². The summed E-state index contributed by atoms with van der Waals surface area (Å²) in [6, 6.07) is 10.1. The largest absolute Gasteiger partial charge is 0.334 e. The first-order chi connectivity index (χ1) is 15.6. The molecule has 0 spiro atoms. The number of imide groups is 1. The maximum absolute atomic E-state index is 14.9. The summed E-state index contributed by atoms with van der Waals surface area (Å²) in [6.45, 7) is 29.1. The number of carbonyl (C=O) groups excluding carboxylic acids is 2. The summed E-state index contributed by atoms with van der Waals surface area (Å²) in [6.07, 6.45) is 0. The van der Waals surface area contributed by atoms with E-state index < -0.39 is 22.0 Å². The van der Waals surface area contributed by atoms with Crippen molar-refractivity contribution in [3.05, 3.63) is 35.9 Å². The molecule has 0 bridgehead atoms. The van der Waals surface area contributed by atoms with Gasteiger partial charge in [-0.15, -0.1) is 0 Å². The van der Waals surface area contributed by atoms with Crippen LogP contribution < -0.4 is 0 Å². The first-order valence-electron chi connectivity index (χ1n) is 13.3. The van der Waals surface area contributed by atoms with Gasteiger partial charge in [-0.1, -0.05) is 113 Å². The van der Waals surface area contributed by atoms with Crippen LogP contribution >= 0.6 is 0 Å². The molecule has 1 aromatic rings. The third-order valence-corrected chi connectivity index (χ3v) is 22.8. The molecular formula is C28H50N2O2Si2. The molecule has 3 amide bonds. The molecule has 0 saturated carbocycles. The van der Waals surface area contributed by atoms with Gasteiger partial charge in [-0.2, -0.15) is 0 Å². The van der Waals surface area contributed by atoms with Crippen molar-refractivity contribution < 1.29 is 9.59 Å². The molecule has 0 radical (unpaired) electrons. The Morgan fingerprint density at radius 2 is 0.971 bits per heavy atom. The van der Waals surface area contributed by atoms with Crippen molar-refractivity contribution in [2.75, 3.05) is 0 Å². The quantitative estimate of drug-likeness (QED) is 0.251. The topological polar surface area (TPSA) is 40.6 Å². The fourth-order valence-corrected chi connectivity index (χ4v) is 21.8. The molecule has 1 heterocycles. The maximum atomic E-state index is 14.9. The predicted octanol–water partition coefficient (Wildman–Crippen LogP) is 8.52. The molecule has 6 heteroatoms. The molecule has 1 fully saturated rings. The number of hydrogen-bond acceptors (Lipinski definition) is 2. The van der Waals surface area contributed by atoms with Crippen LogP contribution in [0.2, 0.25) is 33.2 Å². The molecule has 192 valence electrons. The van der Waals surface area contributed by atoms with E-state index in [0.717, 1.165) is 5.56 Å². The lowest BCUT2D eigenvalue weighted by molar-refractivity contribution is -0.129. The average Bonchev–Trinajstić information content (AvgIpc) is 2.91. The summed E-state index contributed by atoms with van der Waals surface area (Å²) in [7, 11) is -5.05. The Morgan fingerprint density at radius 3 is 1.29 bits per heavy atom. The smallest absolute Gasteiger partial charge is 0.311 e. The number of urea groups is 1. The Balaban J connectivity index is 3.05. The van der Waals surface area contributed by atoms with E-state index in [0.29, 0.717) is 16.6 Å². The van der Waals surface area contributed by atoms with Crippen LogP contribution in [0.1, 0.15) is 95.6 Å². The predicted molar refractivity (Wildman–Crippen MR) is 150 cm³/mol. The van der Waals surface area contributed by atoms with Crippen LogP contribution in [-0.4, -0.2) is 37.5 Å². The van der Waals surface area contributed by atoms with Crippen molar-refractivity contribution in [3.8, 4) is 0 Å². The van der Waals surface area contributed by atoms with Gasteiger partial charge >= 0.3 is 6.03 Å². The number of hydrogen-bond donors (Lipinski definition) is 0. The number of nitrogens with zero attached hydrogens (tertiary/aromatic N) is 2. The highest BCUT2D eigenvalue weighted by Crippen LogP contribution is 2.56. The zero-order valence-corrected chi connectivity index (χ0v) is 26.1. The minimum atomic E-state index is -2.55. The summed E-state index contributed by atoms with van der Waals surface area (Å²) >= 11 is 0. The molecular weight excluding hydrogens is 452 g/mol. The third kappa shape index (κ3) is 3.74. The molecule has 1 aliphatic heterocycles. The lowest BCUT2D eigenvalue weighted by Crippen LogP contribution is -2.67. The van der Waals surface area contributed by atoms with Gasteiger partial charge in [0, 0.05) is 0 Å². The van der Waals surface area contributed by atoms with Crippen LogP contribution in [0.4, 0.5) is 4.79 Å². The van der Waals surface area contributed by atoms with Gasteiger partial charge in [-0.05, 0) is 45.7 Å². The number of amides is 3. The Hall–Kier alpha value is -1.41. The monoisotopic (exact) mass is 502 g/mol. The van der Waals surface area contributed by atoms with E-state index in [1.807, 2.05) is 41.8 Å². The number of carbonyl (C=O) groups is 2. The average molecular weight is 503 g/mol. The molecule has 1 aromatic carbocycles. The van der Waals surface area contributed by atoms with Crippen LogP contribution in [0.15, 0.2) is 30.3 Å². The summed E-state index contributed by atoms with van der Waals surface area (Å²) in [5, 5.41) is 0. The second-order valence-electron chi connectivity index (χ2n) is 12.4. The van der Waals surface area contributed by atoms with Gasteiger partial charge in [0.15, 0.2) is 16.5 Å². The normalized spacial score (nSPS) is 20.4. The van der Waals surface area contributed by atoms with E-state index in [1.165, 1.54) is 0 Å². The first-order valence-corrected chi connectivity index (χ1v) is 17.7. The van der Waals surface area contributed by atoms with Crippen molar-refractivity contribution in [1.82, 2.24) is 9.13 Å². The second-order valence-corrected chi connectivity index (χ2v) is 23.8. The Kier molecular flexibility index (Phi) is 8.41. The van der Waals surface area contributed by atoms with Gasteiger partial charge in [-0.25, -0.2) is 4.79 Å². The zero-order valence-electron chi connectivity index (χ0n) is 24.1. The van der Waals surface area contributed by atoms with Crippen molar-refractivity contribution >= 4 is 28.4 Å². The third-order valence-electron chi connectivity index (χ3n) is 9.11. The minimum Gasteiger partial charge on any atom is -0.334 e. The molecule has 1 aliphatic rings. The highest BCUT2D eigenvalue weighted by molar-refractivity contribution is 6.88. The van der Waals surface area contributed by atoms with Crippen molar-refractivity contribution in [2.45, 2.75) is 129 Å². The number of benzene rings is 1. The Labute approximate surface area is 211 Å². The SMILES string of the molecule is CC(C)[Si](C(C)C)(C(C)C)N1C(=O)N([Si](C(C)C)(C(C)C)C(C)C)C(C)(c2ccccc2)C1=O. The molecule has 1 unspecified atom stereocenters. The fourth-order valence-electron chi connectivity index (χ4n) is 8.15. The summed E-state index contributed by atoms with van der Waals surface area (Å²) in [4.78, 5) is 29.8. The lowest BCUT2D eigenvalue weighted by atomic mass is 9.92. The van der Waals surface area contributed by atoms with E-state index in [4.69, 9.17) is 0 Å². The second kappa shape index (κ2) is 9.92. The molecule has 0 aliphatic carbocycles. The minimum absolute atomic E-state index is 0.00490. The van der Waals surface area contributed by atoms with E-state index >= 15 is 0 Å². The van der Waals surface area contributed by atoms with Crippen molar-refractivity contribution in [3.63, 3.8) is 0 Å².